The molecule has 0 unspecified atom stereocenters. The monoisotopic (exact) mass is 287 g/mol. The van der Waals surface area contributed by atoms with Gasteiger partial charge in [-0.05, 0) is 30.5 Å². The molecular formula is C20H17NO. The van der Waals surface area contributed by atoms with Gasteiger partial charge in [-0.3, -0.25) is 4.79 Å². The van der Waals surface area contributed by atoms with E-state index in [4.69, 9.17) is 0 Å². The van der Waals surface area contributed by atoms with Gasteiger partial charge >= 0.3 is 0 Å². The van der Waals surface area contributed by atoms with Gasteiger partial charge in [-0.15, -0.1) is 0 Å². The summed E-state index contributed by atoms with van der Waals surface area (Å²) in [6.45, 7) is 0. The summed E-state index contributed by atoms with van der Waals surface area (Å²) in [4.78, 5) is 15.9. The van der Waals surface area contributed by atoms with Crippen LogP contribution in [0.15, 0.2) is 66.7 Å². The lowest BCUT2D eigenvalue weighted by Gasteiger charge is -2.54. The van der Waals surface area contributed by atoms with Crippen LogP contribution in [0, 0.1) is 5.92 Å². The van der Waals surface area contributed by atoms with Gasteiger partial charge in [0.05, 0.1) is 0 Å². The molecule has 4 aliphatic rings. The summed E-state index contributed by atoms with van der Waals surface area (Å²) >= 11 is 0. The maximum atomic E-state index is 13.5. The molecule has 0 saturated carbocycles. The van der Waals surface area contributed by atoms with Crippen LogP contribution >= 0.6 is 0 Å². The fourth-order valence-corrected chi connectivity index (χ4v) is 4.71. The molecule has 108 valence electrons. The summed E-state index contributed by atoms with van der Waals surface area (Å²) < 4.78 is 0. The summed E-state index contributed by atoms with van der Waals surface area (Å²) in [6, 6.07) is 18.8. The van der Waals surface area contributed by atoms with Crippen LogP contribution < -0.4 is 4.90 Å². The van der Waals surface area contributed by atoms with Crippen LogP contribution in [0.3, 0.4) is 0 Å². The molecule has 1 aliphatic carbocycles. The minimum absolute atomic E-state index is 0.264. The average molecular weight is 287 g/mol. The molecule has 0 N–H and O–H groups in total. The molecule has 22 heavy (non-hydrogen) atoms. The number of hydrogen-bond donors (Lipinski definition) is 0. The number of anilines is 1. The maximum Gasteiger partial charge on any atom is 0.195 e. The second-order valence-corrected chi connectivity index (χ2v) is 6.48. The van der Waals surface area contributed by atoms with Crippen molar-refractivity contribution < 1.29 is 4.79 Å². The first-order valence-corrected chi connectivity index (χ1v) is 8.00. The number of para-hydroxylation sites is 1. The molecule has 3 heterocycles. The first kappa shape index (κ1) is 12.2. The predicted octanol–water partition coefficient (Wildman–Crippen LogP) is 3.93. The van der Waals surface area contributed by atoms with E-state index in [1.165, 1.54) is 0 Å². The first-order valence-electron chi connectivity index (χ1n) is 8.00. The molecule has 3 atom stereocenters. The Morgan fingerprint density at radius 2 is 1.68 bits per heavy atom. The molecule has 0 spiro atoms. The normalized spacial score (nSPS) is 31.3. The van der Waals surface area contributed by atoms with Crippen LogP contribution in [0.4, 0.5) is 5.69 Å². The molecule has 2 aromatic rings. The summed E-state index contributed by atoms with van der Waals surface area (Å²) in [5.74, 6) is 0.535. The third-order valence-electron chi connectivity index (χ3n) is 5.56. The van der Waals surface area contributed by atoms with E-state index in [2.05, 4.69) is 35.3 Å². The quantitative estimate of drug-likeness (QED) is 0.741. The van der Waals surface area contributed by atoms with E-state index < -0.39 is 5.54 Å². The number of ketones is 1. The Bertz CT molecular complexity index is 794. The molecule has 0 radical (unpaired) electrons. The van der Waals surface area contributed by atoms with Crippen molar-refractivity contribution in [1.29, 1.82) is 0 Å². The van der Waals surface area contributed by atoms with E-state index in [1.807, 2.05) is 36.4 Å². The summed E-state index contributed by atoms with van der Waals surface area (Å²) in [5, 5.41) is 0. The zero-order valence-electron chi connectivity index (χ0n) is 12.3. The number of hydrogen-bond acceptors (Lipinski definition) is 2. The number of nitrogens with zero attached hydrogens (tertiary/aromatic N) is 1. The molecule has 2 bridgehead atoms. The second kappa shape index (κ2) is 4.10. The Morgan fingerprint density at radius 1 is 0.909 bits per heavy atom. The highest BCUT2D eigenvalue weighted by atomic mass is 16.1. The number of fused-ring (bicyclic) bond motifs is 2. The van der Waals surface area contributed by atoms with Gasteiger partial charge in [0.1, 0.15) is 5.54 Å². The number of piperidine rings is 1. The van der Waals surface area contributed by atoms with Gasteiger partial charge in [-0.1, -0.05) is 54.6 Å². The third kappa shape index (κ3) is 1.25. The van der Waals surface area contributed by atoms with Crippen molar-refractivity contribution in [1.82, 2.24) is 0 Å². The largest absolute Gasteiger partial charge is 0.347 e. The Kier molecular flexibility index (Phi) is 2.28. The Balaban J connectivity index is 1.85. The zero-order valence-corrected chi connectivity index (χ0v) is 12.3. The van der Waals surface area contributed by atoms with Crippen LogP contribution in [0.5, 0.6) is 0 Å². The van der Waals surface area contributed by atoms with Crippen molar-refractivity contribution in [3.63, 3.8) is 0 Å². The highest BCUT2D eigenvalue weighted by molar-refractivity contribution is 6.15. The van der Waals surface area contributed by atoms with Crippen molar-refractivity contribution in [2.45, 2.75) is 24.4 Å². The predicted molar refractivity (Wildman–Crippen MR) is 87.0 cm³/mol. The summed E-state index contributed by atoms with van der Waals surface area (Å²) in [5.41, 5.74) is 2.60. The minimum Gasteiger partial charge on any atom is -0.347 e. The number of Topliss-reactive ketones (excluding diaryl/α,β-unsaturated/α-hetero) is 1. The maximum absolute atomic E-state index is 13.5. The van der Waals surface area contributed by atoms with Gasteiger partial charge in [-0.25, -0.2) is 0 Å². The van der Waals surface area contributed by atoms with E-state index in [0.717, 1.165) is 29.7 Å². The number of carbonyl (C=O) groups is 1. The molecule has 0 aromatic heterocycles. The summed E-state index contributed by atoms with van der Waals surface area (Å²) in [6.07, 6.45) is 6.80. The third-order valence-corrected chi connectivity index (χ3v) is 5.56. The van der Waals surface area contributed by atoms with E-state index in [0.29, 0.717) is 6.04 Å². The van der Waals surface area contributed by atoms with Crippen LogP contribution in [0.2, 0.25) is 0 Å². The molecule has 0 amide bonds. The lowest BCUT2D eigenvalue weighted by molar-refractivity contribution is 0.0805. The minimum atomic E-state index is -0.525. The van der Waals surface area contributed by atoms with Gasteiger partial charge in [-0.2, -0.15) is 0 Å². The Hall–Kier alpha value is -2.35. The van der Waals surface area contributed by atoms with Crippen LogP contribution in [-0.2, 0) is 5.54 Å². The molecule has 1 fully saturated rings. The number of rotatable bonds is 1. The molecule has 6 rings (SSSR count). The van der Waals surface area contributed by atoms with E-state index in [9.17, 15) is 4.79 Å². The highest BCUT2D eigenvalue weighted by Gasteiger charge is 2.61. The summed E-state index contributed by atoms with van der Waals surface area (Å²) in [7, 11) is 0. The van der Waals surface area contributed by atoms with Crippen molar-refractivity contribution in [3.8, 4) is 0 Å². The smallest absolute Gasteiger partial charge is 0.195 e. The number of carbonyl (C=O) groups excluding carboxylic acids is 1. The SMILES string of the molecule is O=C1c2ccccc2N2[C@@H]3C=C[C@@H](CC3)[C@]12c1ccccc1. The molecule has 3 aliphatic heterocycles. The van der Waals surface area contributed by atoms with E-state index in [-0.39, 0.29) is 11.7 Å². The molecule has 2 aromatic carbocycles. The lowest BCUT2D eigenvalue weighted by atomic mass is 9.66. The Morgan fingerprint density at radius 3 is 2.45 bits per heavy atom. The molecule has 2 heteroatoms. The average Bonchev–Trinajstić information content (AvgIpc) is 2.90. The van der Waals surface area contributed by atoms with Crippen molar-refractivity contribution in [2.75, 3.05) is 4.90 Å². The lowest BCUT2D eigenvalue weighted by Crippen LogP contribution is -2.61. The molecule has 2 nitrogen and oxygen atoms in total. The van der Waals surface area contributed by atoms with Crippen LogP contribution in [-0.4, -0.2) is 11.8 Å². The first-order chi connectivity index (χ1) is 10.8. The second-order valence-electron chi connectivity index (χ2n) is 6.48. The fourth-order valence-electron chi connectivity index (χ4n) is 4.71. The van der Waals surface area contributed by atoms with Gasteiger partial charge in [0.2, 0.25) is 0 Å². The van der Waals surface area contributed by atoms with Crippen molar-refractivity contribution in [2.24, 2.45) is 5.92 Å². The topological polar surface area (TPSA) is 20.3 Å². The molecular weight excluding hydrogens is 270 g/mol. The van der Waals surface area contributed by atoms with Gasteiger partial charge < -0.3 is 4.90 Å². The van der Waals surface area contributed by atoms with Crippen molar-refractivity contribution >= 4 is 11.5 Å². The van der Waals surface area contributed by atoms with Crippen LogP contribution in [0.25, 0.3) is 0 Å². The highest BCUT2D eigenvalue weighted by Crippen LogP contribution is 2.57. The van der Waals surface area contributed by atoms with Gasteiger partial charge in [0, 0.05) is 23.2 Å². The van der Waals surface area contributed by atoms with E-state index in [1.54, 1.807) is 0 Å². The van der Waals surface area contributed by atoms with Gasteiger partial charge in [0.15, 0.2) is 5.78 Å². The van der Waals surface area contributed by atoms with Crippen molar-refractivity contribution in [3.05, 3.63) is 77.9 Å². The zero-order chi connectivity index (χ0) is 14.7. The van der Waals surface area contributed by atoms with Crippen LogP contribution in [0.1, 0.15) is 28.8 Å². The Labute approximate surface area is 130 Å². The fraction of sp³-hybridized carbons (Fsp3) is 0.250. The van der Waals surface area contributed by atoms with E-state index >= 15 is 0 Å². The molecule has 1 saturated heterocycles. The van der Waals surface area contributed by atoms with Gasteiger partial charge in [0.25, 0.3) is 0 Å². The standard InChI is InChI=1S/C20H17NO/c22-19-17-8-4-5-9-18(17)21-16-12-10-15(11-13-16)20(19,21)14-6-2-1-3-7-14/h1-10,12,15-16H,11,13H2/t15-,16+,20+/m0/s1. The number of benzene rings is 2.